The Hall–Kier alpha value is -0.650. The number of carbonyl (C=O) groups excluding carboxylic acids is 1. The maximum atomic E-state index is 11.4. The molecule has 0 aromatic carbocycles. The Balaban J connectivity index is 1.42. The molecule has 3 aliphatic heterocycles. The van der Waals surface area contributed by atoms with E-state index in [1.165, 1.54) is 0 Å². The Morgan fingerprint density at radius 3 is 2.95 bits per heavy atom. The van der Waals surface area contributed by atoms with Crippen LogP contribution in [0.15, 0.2) is 0 Å². The molecule has 3 rings (SSSR count). The van der Waals surface area contributed by atoms with Gasteiger partial charge in [0.15, 0.2) is 6.29 Å². The quantitative estimate of drug-likeness (QED) is 0.820. The number of nitrogens with one attached hydrogen (secondary N) is 1. The number of rotatable bonds is 3. The summed E-state index contributed by atoms with van der Waals surface area (Å²) in [5.74, 6) is 0.873. The van der Waals surface area contributed by atoms with E-state index in [2.05, 4.69) is 10.2 Å². The number of hydrogen-bond donors (Lipinski definition) is 1. The third-order valence-electron chi connectivity index (χ3n) is 4.48. The molecule has 0 saturated carbocycles. The summed E-state index contributed by atoms with van der Waals surface area (Å²) in [7, 11) is 0. The lowest BCUT2D eigenvalue weighted by Gasteiger charge is -2.41. The maximum Gasteiger partial charge on any atom is 0.220 e. The van der Waals surface area contributed by atoms with Crippen LogP contribution in [-0.2, 0) is 14.3 Å². The van der Waals surface area contributed by atoms with E-state index >= 15 is 0 Å². The number of fused-ring (bicyclic) bond motifs is 1. The van der Waals surface area contributed by atoms with Crippen LogP contribution in [0.5, 0.6) is 0 Å². The Morgan fingerprint density at radius 1 is 1.26 bits per heavy atom. The Labute approximate surface area is 114 Å². The summed E-state index contributed by atoms with van der Waals surface area (Å²) in [5.41, 5.74) is 0. The molecule has 5 nitrogen and oxygen atoms in total. The zero-order valence-electron chi connectivity index (χ0n) is 11.5. The second-order valence-electron chi connectivity index (χ2n) is 5.88. The van der Waals surface area contributed by atoms with Crippen molar-refractivity contribution in [1.82, 2.24) is 10.2 Å². The fourth-order valence-electron chi connectivity index (χ4n) is 3.38. The number of nitrogens with zero attached hydrogens (tertiary/aromatic N) is 1. The van der Waals surface area contributed by atoms with E-state index in [-0.39, 0.29) is 12.2 Å². The average Bonchev–Trinajstić information content (AvgIpc) is 2.46. The molecule has 3 heterocycles. The Morgan fingerprint density at radius 2 is 2.11 bits per heavy atom. The van der Waals surface area contributed by atoms with Gasteiger partial charge in [-0.2, -0.15) is 0 Å². The summed E-state index contributed by atoms with van der Waals surface area (Å²) in [6.45, 7) is 4.90. The second-order valence-corrected chi connectivity index (χ2v) is 5.88. The molecule has 3 aliphatic rings. The first kappa shape index (κ1) is 13.3. The highest BCUT2D eigenvalue weighted by molar-refractivity contribution is 5.77. The summed E-state index contributed by atoms with van der Waals surface area (Å²) in [6, 6.07) is 0.416. The monoisotopic (exact) mass is 268 g/mol. The number of likely N-dealkylation sites (tertiary alicyclic amines) is 1. The Bertz CT molecular complexity index is 318. The van der Waals surface area contributed by atoms with Crippen LogP contribution in [0.2, 0.25) is 0 Å². The lowest BCUT2D eigenvalue weighted by molar-refractivity contribution is -0.183. The van der Waals surface area contributed by atoms with Crippen LogP contribution >= 0.6 is 0 Å². The van der Waals surface area contributed by atoms with Gasteiger partial charge < -0.3 is 19.7 Å². The first-order valence-electron chi connectivity index (χ1n) is 7.56. The van der Waals surface area contributed by atoms with Crippen molar-refractivity contribution < 1.29 is 14.3 Å². The van der Waals surface area contributed by atoms with Gasteiger partial charge in [0.05, 0.1) is 13.2 Å². The third-order valence-corrected chi connectivity index (χ3v) is 4.48. The molecular formula is C14H24N2O3. The van der Waals surface area contributed by atoms with Crippen molar-refractivity contribution in [2.24, 2.45) is 5.92 Å². The van der Waals surface area contributed by atoms with Gasteiger partial charge in [-0.05, 0) is 25.2 Å². The molecule has 108 valence electrons. The van der Waals surface area contributed by atoms with E-state index in [1.807, 2.05) is 0 Å². The topological polar surface area (TPSA) is 50.8 Å². The highest BCUT2D eigenvalue weighted by atomic mass is 16.7. The fourth-order valence-corrected chi connectivity index (χ4v) is 3.38. The molecule has 0 aromatic heterocycles. The zero-order chi connectivity index (χ0) is 13.1. The summed E-state index contributed by atoms with van der Waals surface area (Å²) >= 11 is 0. The summed E-state index contributed by atoms with van der Waals surface area (Å²) in [5, 5.41) is 3.13. The minimum absolute atomic E-state index is 0.00229. The van der Waals surface area contributed by atoms with Crippen molar-refractivity contribution in [3.05, 3.63) is 0 Å². The molecule has 2 unspecified atom stereocenters. The van der Waals surface area contributed by atoms with Gasteiger partial charge in [-0.3, -0.25) is 4.79 Å². The minimum atomic E-state index is -0.00229. The fraction of sp³-hybridized carbons (Fsp3) is 0.929. The number of hydrogen-bond acceptors (Lipinski definition) is 4. The molecule has 0 aliphatic carbocycles. The van der Waals surface area contributed by atoms with Crippen LogP contribution in [-0.4, -0.2) is 56.0 Å². The van der Waals surface area contributed by atoms with Gasteiger partial charge in [-0.15, -0.1) is 0 Å². The van der Waals surface area contributed by atoms with Crippen molar-refractivity contribution in [1.29, 1.82) is 0 Å². The average molecular weight is 268 g/mol. The van der Waals surface area contributed by atoms with E-state index < -0.39 is 0 Å². The predicted molar refractivity (Wildman–Crippen MR) is 70.6 cm³/mol. The van der Waals surface area contributed by atoms with Gasteiger partial charge in [-0.25, -0.2) is 0 Å². The normalized spacial score (nSPS) is 33.8. The summed E-state index contributed by atoms with van der Waals surface area (Å²) in [4.78, 5) is 13.9. The van der Waals surface area contributed by atoms with E-state index in [9.17, 15) is 4.79 Å². The van der Waals surface area contributed by atoms with Gasteiger partial charge in [0, 0.05) is 38.5 Å². The highest BCUT2D eigenvalue weighted by Gasteiger charge is 2.33. The largest absolute Gasteiger partial charge is 0.353 e. The molecular weight excluding hydrogens is 244 g/mol. The number of carbonyl (C=O) groups is 1. The van der Waals surface area contributed by atoms with Crippen LogP contribution in [0.1, 0.15) is 32.1 Å². The van der Waals surface area contributed by atoms with Crippen molar-refractivity contribution in [3.63, 3.8) is 0 Å². The minimum Gasteiger partial charge on any atom is -0.353 e. The lowest BCUT2D eigenvalue weighted by Crippen LogP contribution is -2.54. The van der Waals surface area contributed by atoms with Gasteiger partial charge >= 0.3 is 0 Å². The lowest BCUT2D eigenvalue weighted by atomic mass is 9.85. The highest BCUT2D eigenvalue weighted by Crippen LogP contribution is 2.25. The van der Waals surface area contributed by atoms with Crippen molar-refractivity contribution in [3.8, 4) is 0 Å². The molecule has 0 bridgehead atoms. The number of amides is 1. The van der Waals surface area contributed by atoms with Gasteiger partial charge in [0.25, 0.3) is 0 Å². The maximum absolute atomic E-state index is 11.4. The molecule has 0 radical (unpaired) electrons. The first-order valence-corrected chi connectivity index (χ1v) is 7.56. The van der Waals surface area contributed by atoms with Crippen LogP contribution in [0, 0.1) is 5.92 Å². The number of ether oxygens (including phenoxy) is 2. The van der Waals surface area contributed by atoms with Crippen LogP contribution in [0.25, 0.3) is 0 Å². The number of piperidine rings is 2. The molecule has 0 spiro atoms. The van der Waals surface area contributed by atoms with E-state index in [0.29, 0.717) is 18.4 Å². The summed E-state index contributed by atoms with van der Waals surface area (Å²) in [6.07, 6.45) is 4.81. The van der Waals surface area contributed by atoms with Crippen LogP contribution in [0.3, 0.4) is 0 Å². The smallest absolute Gasteiger partial charge is 0.220 e. The molecule has 1 N–H and O–H groups in total. The standard InChI is InChI=1S/C14H24N2O3/c17-13-3-2-11-10-16(6-4-12(11)15-13)7-5-14-18-8-1-9-19-14/h11-12,14H,1-10H2,(H,15,17). The van der Waals surface area contributed by atoms with E-state index in [0.717, 1.165) is 58.5 Å². The van der Waals surface area contributed by atoms with Crippen molar-refractivity contribution in [2.45, 2.75) is 44.4 Å². The van der Waals surface area contributed by atoms with Crippen LogP contribution in [0.4, 0.5) is 0 Å². The van der Waals surface area contributed by atoms with Gasteiger partial charge in [0.1, 0.15) is 0 Å². The molecule has 3 saturated heterocycles. The zero-order valence-corrected chi connectivity index (χ0v) is 11.5. The second kappa shape index (κ2) is 6.20. The SMILES string of the molecule is O=C1CCC2CN(CCC3OCCCO3)CCC2N1. The molecule has 1 amide bonds. The van der Waals surface area contributed by atoms with E-state index in [4.69, 9.17) is 9.47 Å². The summed E-state index contributed by atoms with van der Waals surface area (Å²) < 4.78 is 11.2. The molecule has 19 heavy (non-hydrogen) atoms. The predicted octanol–water partition coefficient (Wildman–Crippen LogP) is 0.740. The Kier molecular flexibility index (Phi) is 4.35. The van der Waals surface area contributed by atoms with Gasteiger partial charge in [0.2, 0.25) is 5.91 Å². The molecule has 3 fully saturated rings. The van der Waals surface area contributed by atoms with Crippen molar-refractivity contribution >= 4 is 5.91 Å². The van der Waals surface area contributed by atoms with Crippen molar-refractivity contribution in [2.75, 3.05) is 32.8 Å². The molecule has 0 aromatic rings. The molecule has 5 heteroatoms. The van der Waals surface area contributed by atoms with E-state index in [1.54, 1.807) is 0 Å². The first-order chi connectivity index (χ1) is 9.31. The molecule has 2 atom stereocenters. The van der Waals surface area contributed by atoms with Gasteiger partial charge in [-0.1, -0.05) is 0 Å². The van der Waals surface area contributed by atoms with Crippen LogP contribution < -0.4 is 5.32 Å². The third kappa shape index (κ3) is 3.46.